The molecule has 5 nitrogen and oxygen atoms in total. The normalized spacial score (nSPS) is 16.3. The first-order valence-corrected chi connectivity index (χ1v) is 5.86. The number of Topliss-reactive ketones (excluding diaryl/α,β-unsaturated/α-hetero) is 1. The first kappa shape index (κ1) is 12.6. The molecule has 1 aliphatic rings. The molecule has 1 aromatic rings. The van der Waals surface area contributed by atoms with Crippen LogP contribution in [0.3, 0.4) is 0 Å². The van der Waals surface area contributed by atoms with Gasteiger partial charge in [0.15, 0.2) is 5.78 Å². The number of esters is 1. The second-order valence-electron chi connectivity index (χ2n) is 4.18. The van der Waals surface area contributed by atoms with Crippen molar-refractivity contribution in [1.82, 2.24) is 5.32 Å². The second kappa shape index (κ2) is 5.64. The topological polar surface area (TPSA) is 58.6 Å². The van der Waals surface area contributed by atoms with Crippen LogP contribution in [-0.4, -0.2) is 45.0 Å². The van der Waals surface area contributed by atoms with Crippen molar-refractivity contribution in [1.29, 1.82) is 0 Å². The third-order valence-corrected chi connectivity index (χ3v) is 2.88. The Morgan fingerprint density at radius 2 is 2.28 bits per heavy atom. The lowest BCUT2D eigenvalue weighted by Crippen LogP contribution is -2.30. The van der Waals surface area contributed by atoms with Gasteiger partial charge >= 0.3 is 5.97 Å². The van der Waals surface area contributed by atoms with Gasteiger partial charge < -0.3 is 15.0 Å². The van der Waals surface area contributed by atoms with Gasteiger partial charge in [-0.3, -0.25) is 4.79 Å². The molecule has 1 aromatic carbocycles. The smallest absolute Gasteiger partial charge is 0.337 e. The average molecular weight is 248 g/mol. The van der Waals surface area contributed by atoms with E-state index in [1.165, 1.54) is 7.11 Å². The molecule has 18 heavy (non-hydrogen) atoms. The number of nitrogens with zero attached hydrogens (tertiary/aromatic N) is 1. The van der Waals surface area contributed by atoms with Crippen LogP contribution in [0, 0.1) is 0 Å². The molecule has 1 aliphatic heterocycles. The van der Waals surface area contributed by atoms with Crippen molar-refractivity contribution in [2.24, 2.45) is 0 Å². The minimum Gasteiger partial charge on any atom is -0.465 e. The van der Waals surface area contributed by atoms with Crippen molar-refractivity contribution < 1.29 is 14.3 Å². The van der Waals surface area contributed by atoms with Crippen molar-refractivity contribution in [2.75, 3.05) is 38.2 Å². The zero-order chi connectivity index (χ0) is 13.0. The van der Waals surface area contributed by atoms with E-state index in [1.54, 1.807) is 18.2 Å². The third-order valence-electron chi connectivity index (χ3n) is 2.88. The Bertz CT molecular complexity index is 459. The van der Waals surface area contributed by atoms with E-state index in [4.69, 9.17) is 0 Å². The van der Waals surface area contributed by atoms with Gasteiger partial charge in [0, 0.05) is 18.8 Å². The van der Waals surface area contributed by atoms with Gasteiger partial charge in [0.1, 0.15) is 0 Å². The van der Waals surface area contributed by atoms with Crippen LogP contribution in [0.25, 0.3) is 0 Å². The summed E-state index contributed by atoms with van der Waals surface area (Å²) >= 11 is 0. The molecule has 0 aliphatic carbocycles. The van der Waals surface area contributed by atoms with Crippen LogP contribution < -0.4 is 10.2 Å². The van der Waals surface area contributed by atoms with Crippen LogP contribution in [-0.2, 0) is 9.53 Å². The standard InChI is InChI=1S/C13H16N2O3/c1-18-13(17)10-3-2-4-11(7-10)15-6-5-14-8-12(16)9-15/h2-4,7,14H,5-6,8-9H2,1H3. The van der Waals surface area contributed by atoms with Gasteiger partial charge in [0.2, 0.25) is 0 Å². The van der Waals surface area contributed by atoms with Gasteiger partial charge in [-0.25, -0.2) is 4.79 Å². The molecule has 0 aromatic heterocycles. The van der Waals surface area contributed by atoms with Gasteiger partial charge in [0.05, 0.1) is 25.8 Å². The van der Waals surface area contributed by atoms with Crippen LogP contribution in [0.1, 0.15) is 10.4 Å². The van der Waals surface area contributed by atoms with Gasteiger partial charge in [-0.1, -0.05) is 6.07 Å². The quantitative estimate of drug-likeness (QED) is 0.770. The summed E-state index contributed by atoms with van der Waals surface area (Å²) in [4.78, 5) is 25.0. The number of rotatable bonds is 2. The first-order chi connectivity index (χ1) is 8.70. The Morgan fingerprint density at radius 1 is 1.44 bits per heavy atom. The molecule has 1 saturated heterocycles. The third kappa shape index (κ3) is 2.87. The van der Waals surface area contributed by atoms with E-state index in [0.29, 0.717) is 18.7 Å². The second-order valence-corrected chi connectivity index (χ2v) is 4.18. The zero-order valence-corrected chi connectivity index (χ0v) is 10.3. The molecule has 1 fully saturated rings. The number of ketones is 1. The fourth-order valence-corrected chi connectivity index (χ4v) is 1.96. The summed E-state index contributed by atoms with van der Waals surface area (Å²) in [7, 11) is 1.36. The fourth-order valence-electron chi connectivity index (χ4n) is 1.96. The zero-order valence-electron chi connectivity index (χ0n) is 10.3. The maximum Gasteiger partial charge on any atom is 0.337 e. The van der Waals surface area contributed by atoms with Crippen molar-refractivity contribution >= 4 is 17.4 Å². The minimum atomic E-state index is -0.365. The lowest BCUT2D eigenvalue weighted by molar-refractivity contribution is -0.116. The lowest BCUT2D eigenvalue weighted by atomic mass is 10.2. The summed E-state index contributed by atoms with van der Waals surface area (Å²) in [5.41, 5.74) is 1.37. The van der Waals surface area contributed by atoms with Gasteiger partial charge in [-0.15, -0.1) is 0 Å². The molecule has 1 N–H and O–H groups in total. The number of hydrogen-bond acceptors (Lipinski definition) is 5. The maximum absolute atomic E-state index is 11.5. The van der Waals surface area contributed by atoms with E-state index in [0.717, 1.165) is 18.8 Å². The summed E-state index contributed by atoms with van der Waals surface area (Å²) in [5, 5.41) is 3.06. The van der Waals surface area contributed by atoms with Gasteiger partial charge in [-0.05, 0) is 18.2 Å². The Morgan fingerprint density at radius 3 is 3.06 bits per heavy atom. The first-order valence-electron chi connectivity index (χ1n) is 5.86. The number of anilines is 1. The highest BCUT2D eigenvalue weighted by Gasteiger charge is 2.16. The number of nitrogens with one attached hydrogen (secondary N) is 1. The van der Waals surface area contributed by atoms with E-state index in [2.05, 4.69) is 10.1 Å². The average Bonchev–Trinajstić information content (AvgIpc) is 2.62. The molecule has 2 rings (SSSR count). The van der Waals surface area contributed by atoms with Crippen LogP contribution in [0.15, 0.2) is 24.3 Å². The summed E-state index contributed by atoms with van der Waals surface area (Å²) in [6.45, 7) is 2.29. The predicted molar refractivity (Wildman–Crippen MR) is 67.9 cm³/mol. The van der Waals surface area contributed by atoms with Crippen molar-refractivity contribution in [3.63, 3.8) is 0 Å². The summed E-state index contributed by atoms with van der Waals surface area (Å²) in [6, 6.07) is 7.15. The predicted octanol–water partition coefficient (Wildman–Crippen LogP) is 0.452. The molecule has 0 saturated carbocycles. The van der Waals surface area contributed by atoms with E-state index < -0.39 is 0 Å². The Kier molecular flexibility index (Phi) is 3.94. The monoisotopic (exact) mass is 248 g/mol. The van der Waals surface area contributed by atoms with Crippen LogP contribution in [0.2, 0.25) is 0 Å². The lowest BCUT2D eigenvalue weighted by Gasteiger charge is -2.21. The molecule has 0 atom stereocenters. The molecule has 0 bridgehead atoms. The number of carbonyl (C=O) groups excluding carboxylic acids is 2. The largest absolute Gasteiger partial charge is 0.465 e. The van der Waals surface area contributed by atoms with Gasteiger partial charge in [0.25, 0.3) is 0 Å². The Labute approximate surface area is 106 Å². The summed E-state index contributed by atoms with van der Waals surface area (Å²) in [6.07, 6.45) is 0. The molecule has 0 amide bonds. The Balaban J connectivity index is 2.21. The number of methoxy groups -OCH3 is 1. The molecule has 5 heteroatoms. The highest BCUT2D eigenvalue weighted by atomic mass is 16.5. The van der Waals surface area contributed by atoms with Crippen LogP contribution in [0.5, 0.6) is 0 Å². The van der Waals surface area contributed by atoms with Gasteiger partial charge in [-0.2, -0.15) is 0 Å². The summed E-state index contributed by atoms with van der Waals surface area (Å²) in [5.74, 6) is -0.216. The Hall–Kier alpha value is -1.88. The highest BCUT2D eigenvalue weighted by molar-refractivity contribution is 5.91. The van der Waals surface area contributed by atoms with E-state index in [9.17, 15) is 9.59 Å². The molecular weight excluding hydrogens is 232 g/mol. The number of carbonyl (C=O) groups is 2. The van der Waals surface area contributed by atoms with Crippen molar-refractivity contribution in [3.8, 4) is 0 Å². The number of ether oxygens (including phenoxy) is 1. The number of hydrogen-bond donors (Lipinski definition) is 1. The maximum atomic E-state index is 11.5. The molecule has 0 unspecified atom stereocenters. The molecule has 0 spiro atoms. The molecule has 0 radical (unpaired) electrons. The SMILES string of the molecule is COC(=O)c1cccc(N2CCNCC(=O)C2)c1. The summed E-state index contributed by atoms with van der Waals surface area (Å²) < 4.78 is 4.69. The van der Waals surface area contributed by atoms with Crippen LogP contribution >= 0.6 is 0 Å². The minimum absolute atomic E-state index is 0.149. The van der Waals surface area contributed by atoms with Crippen molar-refractivity contribution in [2.45, 2.75) is 0 Å². The van der Waals surface area contributed by atoms with Crippen molar-refractivity contribution in [3.05, 3.63) is 29.8 Å². The fraction of sp³-hybridized carbons (Fsp3) is 0.385. The molecular formula is C13H16N2O3. The number of benzene rings is 1. The molecule has 1 heterocycles. The van der Waals surface area contributed by atoms with Crippen LogP contribution in [0.4, 0.5) is 5.69 Å². The van der Waals surface area contributed by atoms with E-state index >= 15 is 0 Å². The van der Waals surface area contributed by atoms with E-state index in [1.807, 2.05) is 11.0 Å². The highest BCUT2D eigenvalue weighted by Crippen LogP contribution is 2.17. The molecule has 96 valence electrons. The van der Waals surface area contributed by atoms with E-state index in [-0.39, 0.29) is 11.8 Å².